The van der Waals surface area contributed by atoms with Gasteiger partial charge in [-0.05, 0) is 6.07 Å². The number of nitro groups is 1. The molecule has 1 aliphatic rings. The summed E-state index contributed by atoms with van der Waals surface area (Å²) in [7, 11) is 0. The minimum atomic E-state index is -2.64. The van der Waals surface area contributed by atoms with Crippen molar-refractivity contribution in [3.05, 3.63) is 52.3 Å². The van der Waals surface area contributed by atoms with Gasteiger partial charge in [-0.15, -0.1) is 0 Å². The molecule has 1 aliphatic heterocycles. The summed E-state index contributed by atoms with van der Waals surface area (Å²) in [5.41, 5.74) is 0.0850. The van der Waals surface area contributed by atoms with Crippen LogP contribution in [-0.2, 0) is 6.54 Å². The molecule has 2 aromatic rings. The van der Waals surface area contributed by atoms with Gasteiger partial charge in [0.25, 0.3) is 5.69 Å². The number of hydrogen-bond acceptors (Lipinski definition) is 5. The second kappa shape index (κ2) is 7.09. The molecule has 1 fully saturated rings. The molecule has 2 heterocycles. The molecule has 0 saturated carbocycles. The number of hydrogen-bond donors (Lipinski definition) is 0. The fraction of sp³-hybridized carbons (Fsp3) is 0.400. The zero-order valence-corrected chi connectivity index (χ0v) is 13.2. The highest BCUT2D eigenvalue weighted by atomic mass is 19.3. The summed E-state index contributed by atoms with van der Waals surface area (Å²) in [6, 6.07) is 3.36. The Bertz CT molecular complexity index is 759. The third kappa shape index (κ3) is 3.73. The molecule has 0 unspecified atom stereocenters. The lowest BCUT2D eigenvalue weighted by atomic mass is 10.2. The van der Waals surface area contributed by atoms with Gasteiger partial charge in [-0.25, -0.2) is 9.37 Å². The lowest BCUT2D eigenvalue weighted by Crippen LogP contribution is -2.46. The number of nitro benzene ring substituents is 1. The smallest absolute Gasteiger partial charge is 0.319 e. The monoisotopic (exact) mass is 355 g/mol. The summed E-state index contributed by atoms with van der Waals surface area (Å²) in [6.07, 6.45) is 2.56. The number of halogens is 3. The Morgan fingerprint density at radius 3 is 2.60 bits per heavy atom. The van der Waals surface area contributed by atoms with Gasteiger partial charge in [-0.1, -0.05) is 0 Å². The molecule has 134 valence electrons. The lowest BCUT2D eigenvalue weighted by molar-refractivity contribution is -0.384. The van der Waals surface area contributed by atoms with Crippen molar-refractivity contribution in [1.29, 1.82) is 0 Å². The third-order valence-corrected chi connectivity index (χ3v) is 4.17. The molecule has 10 heteroatoms. The minimum absolute atomic E-state index is 0.150. The second-order valence-electron chi connectivity index (χ2n) is 5.68. The molecule has 3 rings (SSSR count). The summed E-state index contributed by atoms with van der Waals surface area (Å²) >= 11 is 0. The maximum Gasteiger partial charge on any atom is 0.319 e. The maximum absolute atomic E-state index is 13.5. The van der Waals surface area contributed by atoms with Crippen LogP contribution in [0.25, 0.3) is 0 Å². The van der Waals surface area contributed by atoms with Gasteiger partial charge in [0, 0.05) is 50.7 Å². The number of piperazine rings is 1. The zero-order valence-electron chi connectivity index (χ0n) is 13.2. The molecular weight excluding hydrogens is 339 g/mol. The van der Waals surface area contributed by atoms with E-state index in [1.165, 1.54) is 12.4 Å². The molecule has 0 N–H and O–H groups in total. The highest BCUT2D eigenvalue weighted by molar-refractivity contribution is 5.63. The number of imidazole rings is 1. The standard InChI is InChI=1S/C15H16F3N5O2/c16-11-1-2-12(23(24)25)13(9-11)21-7-5-20(6-8-21)10-14-19-3-4-22(14)15(17)18/h1-4,9,15H,5-8,10H2. The average Bonchev–Trinajstić information content (AvgIpc) is 3.03. The van der Waals surface area contributed by atoms with Crippen molar-refractivity contribution in [3.63, 3.8) is 0 Å². The number of nitrogens with zero attached hydrogens (tertiary/aromatic N) is 5. The fourth-order valence-electron chi connectivity index (χ4n) is 2.90. The first-order chi connectivity index (χ1) is 12.0. The van der Waals surface area contributed by atoms with Gasteiger partial charge in [-0.3, -0.25) is 19.6 Å². The summed E-state index contributed by atoms with van der Waals surface area (Å²) in [4.78, 5) is 18.2. The van der Waals surface area contributed by atoms with Crippen molar-refractivity contribution in [2.75, 3.05) is 31.1 Å². The normalized spacial score (nSPS) is 15.8. The van der Waals surface area contributed by atoms with Crippen LogP contribution in [0.2, 0.25) is 0 Å². The van der Waals surface area contributed by atoms with Crippen LogP contribution in [0.5, 0.6) is 0 Å². The molecule has 0 bridgehead atoms. The van der Waals surface area contributed by atoms with Crippen molar-refractivity contribution in [2.45, 2.75) is 13.1 Å². The van der Waals surface area contributed by atoms with Crippen LogP contribution in [0.4, 0.5) is 24.5 Å². The largest absolute Gasteiger partial charge is 0.363 e. The SMILES string of the molecule is O=[N+]([O-])c1ccc(F)cc1N1CCN(Cc2nccn2C(F)F)CC1. The number of rotatable bonds is 5. The maximum atomic E-state index is 13.5. The Morgan fingerprint density at radius 2 is 1.96 bits per heavy atom. The molecule has 7 nitrogen and oxygen atoms in total. The number of alkyl halides is 2. The van der Waals surface area contributed by atoms with Crippen LogP contribution >= 0.6 is 0 Å². The molecule has 1 aromatic carbocycles. The predicted molar refractivity (Wildman–Crippen MR) is 84.0 cm³/mol. The van der Waals surface area contributed by atoms with Crippen molar-refractivity contribution in [1.82, 2.24) is 14.5 Å². The molecule has 0 radical (unpaired) electrons. The Balaban J connectivity index is 1.67. The van der Waals surface area contributed by atoms with E-state index in [0.717, 1.165) is 22.8 Å². The summed E-state index contributed by atoms with van der Waals surface area (Å²) in [5, 5.41) is 11.1. The van der Waals surface area contributed by atoms with Crippen LogP contribution in [0.15, 0.2) is 30.6 Å². The van der Waals surface area contributed by atoms with Gasteiger partial charge in [0.05, 0.1) is 11.5 Å². The molecule has 0 aliphatic carbocycles. The van der Waals surface area contributed by atoms with E-state index in [0.29, 0.717) is 26.2 Å². The number of anilines is 1. The first kappa shape index (κ1) is 17.2. The summed E-state index contributed by atoms with van der Waals surface area (Å²) in [5.74, 6) is -0.276. The predicted octanol–water partition coefficient (Wildman–Crippen LogP) is 2.65. The molecule has 25 heavy (non-hydrogen) atoms. The highest BCUT2D eigenvalue weighted by Gasteiger charge is 2.25. The second-order valence-corrected chi connectivity index (χ2v) is 5.68. The molecule has 1 aromatic heterocycles. The first-order valence-electron chi connectivity index (χ1n) is 7.67. The minimum Gasteiger partial charge on any atom is -0.363 e. The Hall–Kier alpha value is -2.62. The van der Waals surface area contributed by atoms with Gasteiger partial charge < -0.3 is 4.90 Å². The van der Waals surface area contributed by atoms with Crippen LogP contribution in [-0.4, -0.2) is 45.6 Å². The average molecular weight is 355 g/mol. The van der Waals surface area contributed by atoms with Crippen LogP contribution in [0.3, 0.4) is 0 Å². The van der Waals surface area contributed by atoms with Crippen LogP contribution in [0.1, 0.15) is 12.4 Å². The van der Waals surface area contributed by atoms with Crippen molar-refractivity contribution >= 4 is 11.4 Å². The number of aromatic nitrogens is 2. The van der Waals surface area contributed by atoms with Crippen molar-refractivity contribution in [3.8, 4) is 0 Å². The molecule has 1 saturated heterocycles. The quantitative estimate of drug-likeness (QED) is 0.609. The van der Waals surface area contributed by atoms with E-state index >= 15 is 0 Å². The summed E-state index contributed by atoms with van der Waals surface area (Å²) in [6.45, 7) is -0.516. The van der Waals surface area contributed by atoms with E-state index in [-0.39, 0.29) is 23.7 Å². The van der Waals surface area contributed by atoms with Gasteiger partial charge in [0.15, 0.2) is 0 Å². The Morgan fingerprint density at radius 1 is 1.24 bits per heavy atom. The highest BCUT2D eigenvalue weighted by Crippen LogP contribution is 2.29. The van der Waals surface area contributed by atoms with E-state index in [2.05, 4.69) is 4.98 Å². The number of benzene rings is 1. The van der Waals surface area contributed by atoms with Gasteiger partial charge >= 0.3 is 6.55 Å². The van der Waals surface area contributed by atoms with E-state index in [9.17, 15) is 23.3 Å². The third-order valence-electron chi connectivity index (χ3n) is 4.17. The Kier molecular flexibility index (Phi) is 4.88. The topological polar surface area (TPSA) is 67.4 Å². The van der Waals surface area contributed by atoms with Gasteiger partial charge in [0.2, 0.25) is 0 Å². The van der Waals surface area contributed by atoms with E-state index < -0.39 is 17.3 Å². The Labute approximate surface area is 141 Å². The van der Waals surface area contributed by atoms with E-state index in [4.69, 9.17) is 0 Å². The fourth-order valence-corrected chi connectivity index (χ4v) is 2.90. The zero-order chi connectivity index (χ0) is 18.0. The van der Waals surface area contributed by atoms with Crippen LogP contribution < -0.4 is 4.90 Å². The van der Waals surface area contributed by atoms with Crippen LogP contribution in [0, 0.1) is 15.9 Å². The molecular formula is C15H16F3N5O2. The first-order valence-corrected chi connectivity index (χ1v) is 7.67. The van der Waals surface area contributed by atoms with Crippen molar-refractivity contribution in [2.24, 2.45) is 0 Å². The van der Waals surface area contributed by atoms with Crippen molar-refractivity contribution < 1.29 is 18.1 Å². The summed E-state index contributed by atoms with van der Waals surface area (Å²) < 4.78 is 40.0. The molecule has 0 atom stereocenters. The molecule has 0 amide bonds. The molecule has 0 spiro atoms. The lowest BCUT2D eigenvalue weighted by Gasteiger charge is -2.35. The van der Waals surface area contributed by atoms with Gasteiger partial charge in [0.1, 0.15) is 17.3 Å². The van der Waals surface area contributed by atoms with Gasteiger partial charge in [-0.2, -0.15) is 8.78 Å². The van der Waals surface area contributed by atoms with E-state index in [1.807, 2.05) is 4.90 Å². The van der Waals surface area contributed by atoms with E-state index in [1.54, 1.807) is 4.90 Å².